The molecule has 1 aromatic rings. The van der Waals surface area contributed by atoms with Gasteiger partial charge in [0.2, 0.25) is 5.91 Å². The molecular formula is C15H22BrN3O. The van der Waals surface area contributed by atoms with Crippen LogP contribution in [0.1, 0.15) is 30.1 Å². The summed E-state index contributed by atoms with van der Waals surface area (Å²) < 4.78 is 0.775. The number of nitrogens with one attached hydrogen (secondary N) is 1. The van der Waals surface area contributed by atoms with Crippen molar-refractivity contribution in [2.75, 3.05) is 31.1 Å². The lowest BCUT2D eigenvalue weighted by Crippen LogP contribution is -2.37. The Balaban J connectivity index is 1.97. The number of amides is 1. The SMILES string of the molecule is CCNCC1CCN(c2ccc(C(N)=O)c(Br)c2)CC1. The van der Waals surface area contributed by atoms with Crippen LogP contribution < -0.4 is 16.0 Å². The van der Waals surface area contributed by atoms with E-state index in [0.29, 0.717) is 5.56 Å². The van der Waals surface area contributed by atoms with Gasteiger partial charge in [-0.05, 0) is 66.0 Å². The van der Waals surface area contributed by atoms with E-state index >= 15 is 0 Å². The molecule has 1 saturated heterocycles. The van der Waals surface area contributed by atoms with Crippen molar-refractivity contribution in [3.8, 4) is 0 Å². The molecule has 0 aliphatic carbocycles. The minimum absolute atomic E-state index is 0.396. The molecule has 1 heterocycles. The molecule has 0 radical (unpaired) electrons. The fourth-order valence-electron chi connectivity index (χ4n) is 2.64. The zero-order chi connectivity index (χ0) is 14.5. The van der Waals surface area contributed by atoms with Gasteiger partial charge < -0.3 is 16.0 Å². The van der Waals surface area contributed by atoms with E-state index < -0.39 is 5.91 Å². The summed E-state index contributed by atoms with van der Waals surface area (Å²) in [6, 6.07) is 5.77. The molecular weight excluding hydrogens is 318 g/mol. The summed E-state index contributed by atoms with van der Waals surface area (Å²) in [6.45, 7) is 6.44. The monoisotopic (exact) mass is 339 g/mol. The van der Waals surface area contributed by atoms with Crippen molar-refractivity contribution in [2.24, 2.45) is 11.7 Å². The number of hydrogen-bond acceptors (Lipinski definition) is 3. The Bertz CT molecular complexity index is 470. The van der Waals surface area contributed by atoms with Crippen LogP contribution in [0.15, 0.2) is 22.7 Å². The molecule has 110 valence electrons. The highest BCUT2D eigenvalue weighted by atomic mass is 79.9. The topological polar surface area (TPSA) is 58.4 Å². The molecule has 0 unspecified atom stereocenters. The number of anilines is 1. The molecule has 0 bridgehead atoms. The van der Waals surface area contributed by atoms with Gasteiger partial charge in [-0.3, -0.25) is 4.79 Å². The molecule has 0 spiro atoms. The standard InChI is InChI=1S/C15H22BrN3O/c1-2-18-10-11-5-7-19(8-6-11)12-3-4-13(15(17)20)14(16)9-12/h3-4,9,11,18H,2,5-8,10H2,1H3,(H2,17,20). The predicted molar refractivity (Wildman–Crippen MR) is 86.1 cm³/mol. The number of carbonyl (C=O) groups excluding carboxylic acids is 1. The summed E-state index contributed by atoms with van der Waals surface area (Å²) in [7, 11) is 0. The van der Waals surface area contributed by atoms with E-state index in [1.807, 2.05) is 12.1 Å². The van der Waals surface area contributed by atoms with Crippen LogP contribution in [0.3, 0.4) is 0 Å². The molecule has 0 aromatic heterocycles. The lowest BCUT2D eigenvalue weighted by Gasteiger charge is -2.34. The zero-order valence-electron chi connectivity index (χ0n) is 11.9. The highest BCUT2D eigenvalue weighted by Crippen LogP contribution is 2.27. The molecule has 3 N–H and O–H groups in total. The van der Waals surface area contributed by atoms with E-state index in [4.69, 9.17) is 5.73 Å². The minimum Gasteiger partial charge on any atom is -0.371 e. The summed E-state index contributed by atoms with van der Waals surface area (Å²) >= 11 is 3.42. The first-order valence-electron chi connectivity index (χ1n) is 7.16. The van der Waals surface area contributed by atoms with E-state index in [2.05, 4.69) is 33.1 Å². The number of hydrogen-bond donors (Lipinski definition) is 2. The van der Waals surface area contributed by atoms with Crippen molar-refractivity contribution >= 4 is 27.5 Å². The fraction of sp³-hybridized carbons (Fsp3) is 0.533. The summed E-state index contributed by atoms with van der Waals surface area (Å²) in [5, 5.41) is 3.42. The maximum Gasteiger partial charge on any atom is 0.249 e. The number of benzene rings is 1. The Morgan fingerprint density at radius 3 is 2.70 bits per heavy atom. The molecule has 1 amide bonds. The highest BCUT2D eigenvalue weighted by molar-refractivity contribution is 9.10. The quantitative estimate of drug-likeness (QED) is 0.865. The van der Waals surface area contributed by atoms with Crippen molar-refractivity contribution in [1.29, 1.82) is 0 Å². The van der Waals surface area contributed by atoms with Crippen LogP contribution in [-0.4, -0.2) is 32.1 Å². The van der Waals surface area contributed by atoms with Crippen molar-refractivity contribution in [1.82, 2.24) is 5.32 Å². The second-order valence-corrected chi connectivity index (χ2v) is 6.12. The third-order valence-corrected chi connectivity index (χ3v) is 4.54. The van der Waals surface area contributed by atoms with Gasteiger partial charge in [0.1, 0.15) is 0 Å². The van der Waals surface area contributed by atoms with Crippen molar-refractivity contribution in [3.63, 3.8) is 0 Å². The first kappa shape index (κ1) is 15.3. The van der Waals surface area contributed by atoms with Gasteiger partial charge in [0.15, 0.2) is 0 Å². The predicted octanol–water partition coefficient (Wildman–Crippen LogP) is 2.37. The molecule has 1 aliphatic rings. The number of nitrogens with two attached hydrogens (primary N) is 1. The van der Waals surface area contributed by atoms with Crippen LogP contribution in [-0.2, 0) is 0 Å². The summed E-state index contributed by atoms with van der Waals surface area (Å²) in [4.78, 5) is 13.6. The average molecular weight is 340 g/mol. The van der Waals surface area contributed by atoms with Crippen LogP contribution in [0, 0.1) is 5.92 Å². The van der Waals surface area contributed by atoms with E-state index in [0.717, 1.165) is 42.3 Å². The minimum atomic E-state index is -0.396. The first-order valence-corrected chi connectivity index (χ1v) is 7.96. The maximum absolute atomic E-state index is 11.2. The second-order valence-electron chi connectivity index (χ2n) is 5.27. The Labute approximate surface area is 128 Å². The van der Waals surface area contributed by atoms with Crippen LogP contribution in [0.25, 0.3) is 0 Å². The molecule has 2 rings (SSSR count). The van der Waals surface area contributed by atoms with E-state index in [9.17, 15) is 4.79 Å². The largest absolute Gasteiger partial charge is 0.371 e. The van der Waals surface area contributed by atoms with Crippen LogP contribution in [0.4, 0.5) is 5.69 Å². The molecule has 1 fully saturated rings. The van der Waals surface area contributed by atoms with E-state index in [1.165, 1.54) is 12.8 Å². The van der Waals surface area contributed by atoms with Gasteiger partial charge >= 0.3 is 0 Å². The Hall–Kier alpha value is -1.07. The molecule has 20 heavy (non-hydrogen) atoms. The van der Waals surface area contributed by atoms with Gasteiger partial charge in [0, 0.05) is 23.2 Å². The smallest absolute Gasteiger partial charge is 0.249 e. The number of nitrogens with zero attached hydrogens (tertiary/aromatic N) is 1. The van der Waals surface area contributed by atoms with Crippen molar-refractivity contribution in [2.45, 2.75) is 19.8 Å². The van der Waals surface area contributed by atoms with Crippen LogP contribution in [0.5, 0.6) is 0 Å². The summed E-state index contributed by atoms with van der Waals surface area (Å²) in [5.74, 6) is 0.382. The van der Waals surface area contributed by atoms with Gasteiger partial charge in [-0.25, -0.2) is 0 Å². The normalized spacial score (nSPS) is 16.4. The lowest BCUT2D eigenvalue weighted by molar-refractivity contribution is 0.0999. The first-order chi connectivity index (χ1) is 9.61. The Morgan fingerprint density at radius 2 is 2.15 bits per heavy atom. The third-order valence-electron chi connectivity index (χ3n) is 3.88. The third kappa shape index (κ3) is 3.73. The van der Waals surface area contributed by atoms with Crippen molar-refractivity contribution < 1.29 is 4.79 Å². The van der Waals surface area contributed by atoms with Gasteiger partial charge in [0.05, 0.1) is 5.56 Å². The number of carbonyl (C=O) groups is 1. The lowest BCUT2D eigenvalue weighted by atomic mass is 9.96. The van der Waals surface area contributed by atoms with Crippen LogP contribution >= 0.6 is 15.9 Å². The number of rotatable bonds is 5. The Kier molecular flexibility index (Phi) is 5.43. The number of piperidine rings is 1. The Morgan fingerprint density at radius 1 is 1.45 bits per heavy atom. The van der Waals surface area contributed by atoms with Crippen molar-refractivity contribution in [3.05, 3.63) is 28.2 Å². The van der Waals surface area contributed by atoms with E-state index in [-0.39, 0.29) is 0 Å². The van der Waals surface area contributed by atoms with Crippen LogP contribution in [0.2, 0.25) is 0 Å². The van der Waals surface area contributed by atoms with Gasteiger partial charge in [-0.1, -0.05) is 6.92 Å². The number of primary amides is 1. The molecule has 1 aliphatic heterocycles. The van der Waals surface area contributed by atoms with Gasteiger partial charge in [0.25, 0.3) is 0 Å². The average Bonchev–Trinajstić information content (AvgIpc) is 2.45. The maximum atomic E-state index is 11.2. The number of halogens is 1. The highest BCUT2D eigenvalue weighted by Gasteiger charge is 2.19. The molecule has 0 saturated carbocycles. The van der Waals surface area contributed by atoms with Gasteiger partial charge in [-0.15, -0.1) is 0 Å². The van der Waals surface area contributed by atoms with E-state index in [1.54, 1.807) is 6.07 Å². The fourth-order valence-corrected chi connectivity index (χ4v) is 3.21. The van der Waals surface area contributed by atoms with Gasteiger partial charge in [-0.2, -0.15) is 0 Å². The second kappa shape index (κ2) is 7.09. The zero-order valence-corrected chi connectivity index (χ0v) is 13.4. The molecule has 0 atom stereocenters. The molecule has 5 heteroatoms. The summed E-state index contributed by atoms with van der Waals surface area (Å²) in [5.41, 5.74) is 7.01. The molecule has 1 aromatic carbocycles. The summed E-state index contributed by atoms with van der Waals surface area (Å²) in [6.07, 6.45) is 2.42. The molecule has 4 nitrogen and oxygen atoms in total.